The van der Waals surface area contributed by atoms with Crippen LogP contribution in [-0.4, -0.2) is 48.9 Å². The summed E-state index contributed by atoms with van der Waals surface area (Å²) in [6.45, 7) is 4.96. The van der Waals surface area contributed by atoms with Gasteiger partial charge >= 0.3 is 6.33 Å². The molecule has 0 bridgehead atoms. The number of amides is 1. The first kappa shape index (κ1) is 15.6. The van der Waals surface area contributed by atoms with Crippen LogP contribution in [0.3, 0.4) is 0 Å². The van der Waals surface area contributed by atoms with Crippen LogP contribution in [0.1, 0.15) is 13.8 Å². The minimum absolute atomic E-state index is 0.0147. The molecule has 1 fully saturated rings. The van der Waals surface area contributed by atoms with Crippen LogP contribution in [0.4, 0.5) is 0 Å². The van der Waals surface area contributed by atoms with Gasteiger partial charge < -0.3 is 19.9 Å². The fourth-order valence-electron chi connectivity index (χ4n) is 4.02. The zero-order chi connectivity index (χ0) is 17.2. The van der Waals surface area contributed by atoms with Crippen LogP contribution >= 0.6 is 11.8 Å². The number of nitrogens with zero attached hydrogens (tertiary/aromatic N) is 4. The van der Waals surface area contributed by atoms with Crippen molar-refractivity contribution in [1.82, 2.24) is 14.6 Å². The van der Waals surface area contributed by atoms with Gasteiger partial charge in [0.15, 0.2) is 0 Å². The molecule has 8 nitrogen and oxygen atoms in total. The number of carbonyl (C=O) groups is 2. The number of carboxylic acids is 1. The fourth-order valence-corrected chi connectivity index (χ4v) is 5.48. The molecular formula is C15H18N4O4S. The molecule has 4 heterocycles. The first-order valence-electron chi connectivity index (χ1n) is 7.93. The zero-order valence-electron chi connectivity index (χ0n) is 13.3. The molecule has 9 heteroatoms. The Morgan fingerprint density at radius 2 is 2.33 bits per heavy atom. The Balaban J connectivity index is 1.61. The number of aliphatic hydroxyl groups excluding tert-OH is 1. The zero-order valence-corrected chi connectivity index (χ0v) is 14.1. The van der Waals surface area contributed by atoms with E-state index in [4.69, 9.17) is 0 Å². The van der Waals surface area contributed by atoms with E-state index in [2.05, 4.69) is 4.98 Å². The third-order valence-corrected chi connectivity index (χ3v) is 6.56. The number of aromatic nitrogens is 3. The van der Waals surface area contributed by atoms with Crippen LogP contribution in [0.25, 0.3) is 0 Å². The summed E-state index contributed by atoms with van der Waals surface area (Å²) in [5.41, 5.74) is -0.0147. The second kappa shape index (κ2) is 5.32. The second-order valence-corrected chi connectivity index (χ2v) is 7.96. The van der Waals surface area contributed by atoms with Gasteiger partial charge in [-0.05, 0) is 11.9 Å². The largest absolute Gasteiger partial charge is 0.543 e. The Bertz CT molecular complexity index is 738. The van der Waals surface area contributed by atoms with Crippen molar-refractivity contribution in [3.05, 3.63) is 23.3 Å². The Kier molecular flexibility index (Phi) is 3.47. The SMILES string of the molecule is C[C@H](O)[C@H]1C(=O)N2C(C(=O)[O-])=C(SC3Cn4cnc[n+]4C3)[C@H](C)[C@H]12. The molecule has 1 aromatic heterocycles. The summed E-state index contributed by atoms with van der Waals surface area (Å²) >= 11 is 1.50. The van der Waals surface area contributed by atoms with E-state index in [9.17, 15) is 19.8 Å². The third kappa shape index (κ3) is 2.04. The standard InChI is InChI=1S/C15H18N4O4S/c1-7-11-10(8(2)20)14(21)19(11)12(15(22)23)13(7)24-9-3-17-5-16-6-18(17)4-9/h5-11,20H,3-4H2,1-2H3/t7-,8+,10-,11-/m1/s1. The number of rotatable bonds is 4. The average molecular weight is 350 g/mol. The van der Waals surface area contributed by atoms with Crippen molar-refractivity contribution in [2.75, 3.05) is 0 Å². The Labute approximate surface area is 142 Å². The number of aliphatic carboxylic acids is 1. The van der Waals surface area contributed by atoms with E-state index >= 15 is 0 Å². The number of fused-ring (bicyclic) bond motifs is 2. The topological polar surface area (TPSA) is 102 Å². The van der Waals surface area contributed by atoms with E-state index in [1.807, 2.05) is 16.3 Å². The van der Waals surface area contributed by atoms with Crippen molar-refractivity contribution in [3.8, 4) is 0 Å². The predicted molar refractivity (Wildman–Crippen MR) is 80.8 cm³/mol. The lowest BCUT2D eigenvalue weighted by Crippen LogP contribution is -2.64. The van der Waals surface area contributed by atoms with E-state index in [0.717, 1.165) is 13.1 Å². The third-order valence-electron chi connectivity index (χ3n) is 5.11. The maximum Gasteiger partial charge on any atom is 0.306 e. The Hall–Kier alpha value is -1.87. The van der Waals surface area contributed by atoms with Crippen molar-refractivity contribution in [3.63, 3.8) is 0 Å². The van der Waals surface area contributed by atoms with Gasteiger partial charge in [-0.1, -0.05) is 6.92 Å². The monoisotopic (exact) mass is 350 g/mol. The molecule has 4 atom stereocenters. The second-order valence-electron chi connectivity index (χ2n) is 6.62. The van der Waals surface area contributed by atoms with Crippen LogP contribution in [-0.2, 0) is 22.7 Å². The molecular weight excluding hydrogens is 332 g/mol. The van der Waals surface area contributed by atoms with Gasteiger partial charge in [0.2, 0.25) is 12.2 Å². The fraction of sp³-hybridized carbons (Fsp3) is 0.600. The first-order chi connectivity index (χ1) is 11.4. The minimum Gasteiger partial charge on any atom is -0.543 e. The molecule has 1 N–H and O–H groups in total. The van der Waals surface area contributed by atoms with Gasteiger partial charge in [0.1, 0.15) is 6.54 Å². The summed E-state index contributed by atoms with van der Waals surface area (Å²) in [6, 6.07) is -0.289. The molecule has 3 aliphatic heterocycles. The number of carbonyl (C=O) groups excluding carboxylic acids is 2. The molecule has 0 unspecified atom stereocenters. The molecule has 0 spiro atoms. The summed E-state index contributed by atoms with van der Waals surface area (Å²) in [4.78, 5) is 30.0. The van der Waals surface area contributed by atoms with Crippen molar-refractivity contribution in [2.45, 2.75) is 44.3 Å². The average Bonchev–Trinajstić information content (AvgIpc) is 3.12. The number of hydrogen-bond donors (Lipinski definition) is 1. The highest BCUT2D eigenvalue weighted by atomic mass is 32.2. The van der Waals surface area contributed by atoms with Gasteiger partial charge in [-0.15, -0.1) is 11.8 Å². The maximum absolute atomic E-state index is 12.3. The molecule has 24 heavy (non-hydrogen) atoms. The summed E-state index contributed by atoms with van der Waals surface area (Å²) in [5, 5.41) is 21.7. The van der Waals surface area contributed by atoms with Crippen LogP contribution < -0.4 is 9.79 Å². The molecule has 0 saturated carbocycles. The van der Waals surface area contributed by atoms with Crippen LogP contribution in [0.2, 0.25) is 0 Å². The molecule has 0 aliphatic carbocycles. The normalized spacial score (nSPS) is 32.6. The highest BCUT2D eigenvalue weighted by Crippen LogP contribution is 2.51. The molecule has 1 aromatic rings. The van der Waals surface area contributed by atoms with Crippen LogP contribution in [0, 0.1) is 11.8 Å². The molecule has 128 valence electrons. The number of thioether (sulfide) groups is 1. The number of β-lactam (4-membered cyclic amide) rings is 1. The summed E-state index contributed by atoms with van der Waals surface area (Å²) in [5.74, 6) is -2.31. The van der Waals surface area contributed by atoms with Crippen molar-refractivity contribution >= 4 is 23.6 Å². The van der Waals surface area contributed by atoms with Gasteiger partial charge in [0.05, 0.1) is 41.5 Å². The number of hydrogen-bond acceptors (Lipinski definition) is 6. The number of carboxylic acid groups (broad SMARTS) is 1. The van der Waals surface area contributed by atoms with Gasteiger partial charge in [-0.3, -0.25) is 4.79 Å². The van der Waals surface area contributed by atoms with Crippen LogP contribution in [0.15, 0.2) is 23.3 Å². The summed E-state index contributed by atoms with van der Waals surface area (Å²) in [6.07, 6.45) is 2.70. The quantitative estimate of drug-likeness (QED) is 0.503. The van der Waals surface area contributed by atoms with Gasteiger partial charge in [0, 0.05) is 10.8 Å². The van der Waals surface area contributed by atoms with E-state index in [0.29, 0.717) is 4.91 Å². The minimum atomic E-state index is -1.32. The lowest BCUT2D eigenvalue weighted by molar-refractivity contribution is -0.758. The smallest absolute Gasteiger partial charge is 0.306 e. The van der Waals surface area contributed by atoms with E-state index in [1.165, 1.54) is 16.7 Å². The van der Waals surface area contributed by atoms with Crippen molar-refractivity contribution in [1.29, 1.82) is 0 Å². The molecule has 3 aliphatic rings. The van der Waals surface area contributed by atoms with E-state index in [-0.39, 0.29) is 28.8 Å². The maximum atomic E-state index is 12.3. The highest BCUT2D eigenvalue weighted by Gasteiger charge is 2.59. The molecule has 0 aromatic carbocycles. The summed E-state index contributed by atoms with van der Waals surface area (Å²) in [7, 11) is 0. The highest BCUT2D eigenvalue weighted by molar-refractivity contribution is 8.03. The molecule has 1 saturated heterocycles. The van der Waals surface area contributed by atoms with Crippen molar-refractivity contribution < 1.29 is 24.5 Å². The Morgan fingerprint density at radius 3 is 2.96 bits per heavy atom. The summed E-state index contributed by atoms with van der Waals surface area (Å²) < 4.78 is 3.96. The van der Waals surface area contributed by atoms with Crippen LogP contribution in [0.5, 0.6) is 0 Å². The van der Waals surface area contributed by atoms with E-state index in [1.54, 1.807) is 19.6 Å². The van der Waals surface area contributed by atoms with Gasteiger partial charge in [0.25, 0.3) is 0 Å². The number of aliphatic hydroxyl groups is 1. The molecule has 1 amide bonds. The Morgan fingerprint density at radius 1 is 1.58 bits per heavy atom. The lowest BCUT2D eigenvalue weighted by atomic mass is 9.79. The molecule has 0 radical (unpaired) electrons. The first-order valence-corrected chi connectivity index (χ1v) is 8.81. The van der Waals surface area contributed by atoms with Crippen molar-refractivity contribution in [2.24, 2.45) is 11.8 Å². The molecule has 4 rings (SSSR count). The van der Waals surface area contributed by atoms with Gasteiger partial charge in [-0.25, -0.2) is 0 Å². The lowest BCUT2D eigenvalue weighted by Gasteiger charge is -2.47. The van der Waals surface area contributed by atoms with Gasteiger partial charge in [-0.2, -0.15) is 9.36 Å². The van der Waals surface area contributed by atoms with E-state index < -0.39 is 18.0 Å². The predicted octanol–water partition coefficient (Wildman–Crippen LogP) is -1.89.